The van der Waals surface area contributed by atoms with Gasteiger partial charge in [-0.25, -0.2) is 4.79 Å². The van der Waals surface area contributed by atoms with Crippen LogP contribution in [0.4, 0.5) is 4.79 Å². The molecule has 5 nitrogen and oxygen atoms in total. The second-order valence-electron chi connectivity index (χ2n) is 6.02. The van der Waals surface area contributed by atoms with Crippen molar-refractivity contribution in [2.24, 2.45) is 5.41 Å². The van der Waals surface area contributed by atoms with Crippen LogP contribution in [0.3, 0.4) is 0 Å². The summed E-state index contributed by atoms with van der Waals surface area (Å²) in [6.45, 7) is 8.38. The average molecular weight is 333 g/mol. The molecule has 0 saturated carbocycles. The second kappa shape index (κ2) is 6.23. The Morgan fingerprint density at radius 3 is 2.29 bits per heavy atom. The lowest BCUT2D eigenvalue weighted by molar-refractivity contribution is -0.150. The number of urea groups is 1. The number of carbonyl (C=O) groups excluding carboxylic acids is 1. The minimum absolute atomic E-state index is 0.203. The molecule has 1 unspecified atom stereocenters. The Hall–Kier alpha value is -1.27. The van der Waals surface area contributed by atoms with Gasteiger partial charge in [0.15, 0.2) is 0 Å². The first-order valence-electron chi connectivity index (χ1n) is 6.54. The van der Waals surface area contributed by atoms with Gasteiger partial charge in [-0.1, -0.05) is 11.6 Å². The van der Waals surface area contributed by atoms with Gasteiger partial charge in [0.05, 0.1) is 21.3 Å². The maximum Gasteiger partial charge on any atom is 0.315 e. The summed E-state index contributed by atoms with van der Waals surface area (Å²) in [5.41, 5.74) is -2.00. The Kier molecular flexibility index (Phi) is 5.28. The predicted octanol–water partition coefficient (Wildman–Crippen LogP) is 3.65. The van der Waals surface area contributed by atoms with Gasteiger partial charge in [0.25, 0.3) is 0 Å². The molecule has 1 heterocycles. The SMILES string of the molecule is CC(NC(=O)NC(C)(C)C(C)(C)C(=O)O)c1ccc(Cl)s1. The van der Waals surface area contributed by atoms with Crippen molar-refractivity contribution in [1.29, 1.82) is 0 Å². The van der Waals surface area contributed by atoms with Gasteiger partial charge in [-0.2, -0.15) is 0 Å². The Labute approximate surface area is 133 Å². The van der Waals surface area contributed by atoms with Crippen molar-refractivity contribution in [1.82, 2.24) is 10.6 Å². The third-order valence-electron chi connectivity index (χ3n) is 3.89. The smallest absolute Gasteiger partial charge is 0.315 e. The van der Waals surface area contributed by atoms with E-state index in [2.05, 4.69) is 10.6 Å². The minimum atomic E-state index is -1.10. The van der Waals surface area contributed by atoms with Crippen molar-refractivity contribution in [3.63, 3.8) is 0 Å². The van der Waals surface area contributed by atoms with Crippen LogP contribution in [-0.4, -0.2) is 22.6 Å². The number of carbonyl (C=O) groups is 2. The minimum Gasteiger partial charge on any atom is -0.481 e. The van der Waals surface area contributed by atoms with Crippen molar-refractivity contribution in [2.75, 3.05) is 0 Å². The molecule has 1 aromatic heterocycles. The number of hydrogen-bond donors (Lipinski definition) is 3. The topological polar surface area (TPSA) is 78.4 Å². The molecule has 0 aromatic carbocycles. The number of nitrogens with one attached hydrogen (secondary N) is 2. The molecule has 2 amide bonds. The molecule has 3 N–H and O–H groups in total. The van der Waals surface area contributed by atoms with Crippen LogP contribution in [0.5, 0.6) is 0 Å². The number of rotatable bonds is 5. The first kappa shape index (κ1) is 17.8. The van der Waals surface area contributed by atoms with Crippen LogP contribution in [0.2, 0.25) is 4.34 Å². The van der Waals surface area contributed by atoms with E-state index in [1.54, 1.807) is 33.8 Å². The summed E-state index contributed by atoms with van der Waals surface area (Å²) in [4.78, 5) is 24.3. The van der Waals surface area contributed by atoms with Gasteiger partial charge in [-0.15, -0.1) is 11.3 Å². The summed E-state index contributed by atoms with van der Waals surface area (Å²) in [5.74, 6) is -0.967. The van der Waals surface area contributed by atoms with Crippen LogP contribution in [-0.2, 0) is 4.79 Å². The molecule has 7 heteroatoms. The molecule has 0 aliphatic rings. The fraction of sp³-hybridized carbons (Fsp3) is 0.571. The zero-order valence-electron chi connectivity index (χ0n) is 12.8. The zero-order valence-corrected chi connectivity index (χ0v) is 14.4. The van der Waals surface area contributed by atoms with E-state index >= 15 is 0 Å². The van der Waals surface area contributed by atoms with E-state index in [1.807, 2.05) is 13.0 Å². The normalized spacial score (nSPS) is 13.6. The first-order valence-corrected chi connectivity index (χ1v) is 7.74. The fourth-order valence-electron chi connectivity index (χ4n) is 1.57. The third-order valence-corrected chi connectivity index (χ3v) is 5.31. The van der Waals surface area contributed by atoms with Gasteiger partial charge in [-0.3, -0.25) is 4.79 Å². The molecule has 0 saturated heterocycles. The molecule has 1 rings (SSSR count). The Morgan fingerprint density at radius 2 is 1.86 bits per heavy atom. The molecule has 0 aliphatic carbocycles. The van der Waals surface area contributed by atoms with E-state index < -0.39 is 23.0 Å². The Bertz CT molecular complexity index is 540. The number of thiophene rings is 1. The quantitative estimate of drug-likeness (QED) is 0.770. The van der Waals surface area contributed by atoms with Gasteiger partial charge in [0.1, 0.15) is 0 Å². The van der Waals surface area contributed by atoms with Gasteiger partial charge < -0.3 is 15.7 Å². The van der Waals surface area contributed by atoms with Crippen LogP contribution in [0, 0.1) is 5.41 Å². The fourth-order valence-corrected chi connectivity index (χ4v) is 2.64. The Balaban J connectivity index is 2.71. The van der Waals surface area contributed by atoms with E-state index in [0.29, 0.717) is 4.34 Å². The van der Waals surface area contributed by atoms with Crippen molar-refractivity contribution in [2.45, 2.75) is 46.2 Å². The number of carboxylic acids is 1. The number of halogens is 1. The Morgan fingerprint density at radius 1 is 1.29 bits per heavy atom. The summed E-state index contributed by atoms with van der Waals surface area (Å²) in [7, 11) is 0. The van der Waals surface area contributed by atoms with E-state index in [0.717, 1.165) is 4.88 Å². The highest BCUT2D eigenvalue weighted by Crippen LogP contribution is 2.31. The summed E-state index contributed by atoms with van der Waals surface area (Å²) in [6.07, 6.45) is 0. The standard InChI is InChI=1S/C14H21ClN2O3S/c1-8(9-6-7-10(15)21-9)16-12(20)17-14(4,5)13(2,3)11(18)19/h6-8H,1-5H3,(H,18,19)(H2,16,17,20). The molecular formula is C14H21ClN2O3S. The summed E-state index contributed by atoms with van der Waals surface area (Å²) in [5, 5.41) is 14.8. The highest BCUT2D eigenvalue weighted by molar-refractivity contribution is 7.16. The molecule has 21 heavy (non-hydrogen) atoms. The van der Waals surface area contributed by atoms with E-state index in [-0.39, 0.29) is 6.04 Å². The third kappa shape index (κ3) is 4.11. The second-order valence-corrected chi connectivity index (χ2v) is 7.76. The average Bonchev–Trinajstić information content (AvgIpc) is 2.74. The van der Waals surface area contributed by atoms with E-state index in [9.17, 15) is 14.7 Å². The van der Waals surface area contributed by atoms with Crippen molar-refractivity contribution >= 4 is 34.9 Å². The van der Waals surface area contributed by atoms with Crippen LogP contribution in [0.1, 0.15) is 45.5 Å². The maximum absolute atomic E-state index is 12.1. The van der Waals surface area contributed by atoms with Crippen molar-refractivity contribution < 1.29 is 14.7 Å². The van der Waals surface area contributed by atoms with Crippen LogP contribution in [0.25, 0.3) is 0 Å². The molecule has 0 bridgehead atoms. The summed E-state index contributed by atoms with van der Waals surface area (Å²) >= 11 is 7.26. The predicted molar refractivity (Wildman–Crippen MR) is 84.9 cm³/mol. The van der Waals surface area contributed by atoms with Gasteiger partial charge in [0.2, 0.25) is 0 Å². The molecule has 0 spiro atoms. The van der Waals surface area contributed by atoms with E-state index in [4.69, 9.17) is 11.6 Å². The first-order chi connectivity index (χ1) is 9.47. The highest BCUT2D eigenvalue weighted by Gasteiger charge is 2.44. The number of amides is 2. The zero-order chi connectivity index (χ0) is 16.4. The van der Waals surface area contributed by atoms with Crippen LogP contribution in [0.15, 0.2) is 12.1 Å². The van der Waals surface area contributed by atoms with Crippen LogP contribution < -0.4 is 10.6 Å². The van der Waals surface area contributed by atoms with Crippen LogP contribution >= 0.6 is 22.9 Å². The molecule has 1 atom stereocenters. The molecule has 118 valence electrons. The summed E-state index contributed by atoms with van der Waals surface area (Å²) < 4.78 is 0.659. The molecule has 0 aliphatic heterocycles. The number of carboxylic acid groups (broad SMARTS) is 1. The molecule has 0 fully saturated rings. The lowest BCUT2D eigenvalue weighted by Crippen LogP contribution is -2.59. The maximum atomic E-state index is 12.1. The van der Waals surface area contributed by atoms with Gasteiger partial charge in [0, 0.05) is 4.88 Å². The molecular weight excluding hydrogens is 312 g/mol. The number of aliphatic carboxylic acids is 1. The lowest BCUT2D eigenvalue weighted by atomic mass is 9.74. The largest absolute Gasteiger partial charge is 0.481 e. The van der Waals surface area contributed by atoms with E-state index in [1.165, 1.54) is 11.3 Å². The molecule has 1 aromatic rings. The summed E-state index contributed by atoms with van der Waals surface area (Å²) in [6, 6.07) is 3.01. The highest BCUT2D eigenvalue weighted by atomic mass is 35.5. The van der Waals surface area contributed by atoms with Gasteiger partial charge in [-0.05, 0) is 46.8 Å². The van der Waals surface area contributed by atoms with Crippen molar-refractivity contribution in [3.8, 4) is 0 Å². The van der Waals surface area contributed by atoms with Crippen molar-refractivity contribution in [3.05, 3.63) is 21.3 Å². The number of hydrogen-bond acceptors (Lipinski definition) is 3. The monoisotopic (exact) mass is 332 g/mol. The lowest BCUT2D eigenvalue weighted by Gasteiger charge is -2.38. The molecule has 0 radical (unpaired) electrons. The van der Waals surface area contributed by atoms with Gasteiger partial charge >= 0.3 is 12.0 Å².